The number of nitrogens with one attached hydrogen (secondary N) is 1. The van der Waals surface area contributed by atoms with Crippen LogP contribution in [0.1, 0.15) is 11.6 Å². The van der Waals surface area contributed by atoms with Crippen LogP contribution in [-0.4, -0.2) is 31.7 Å². The molecule has 1 atom stereocenters. The SMILES string of the molecule is O=C1NCCN(S(=O)(=O)c2cccc(Cl)c2)C1c1ccccc1Cl. The molecule has 8 heteroatoms. The molecule has 3 rings (SSSR count). The summed E-state index contributed by atoms with van der Waals surface area (Å²) >= 11 is 12.1. The predicted octanol–water partition coefficient (Wildman–Crippen LogP) is 2.86. The average Bonchev–Trinajstić information content (AvgIpc) is 2.55. The van der Waals surface area contributed by atoms with Gasteiger partial charge >= 0.3 is 0 Å². The monoisotopic (exact) mass is 384 g/mol. The molecule has 1 heterocycles. The minimum Gasteiger partial charge on any atom is -0.353 e. The molecule has 0 aliphatic carbocycles. The van der Waals surface area contributed by atoms with E-state index in [-0.39, 0.29) is 18.0 Å². The molecule has 126 valence electrons. The number of nitrogens with zero attached hydrogens (tertiary/aromatic N) is 1. The molecule has 0 saturated carbocycles. The summed E-state index contributed by atoms with van der Waals surface area (Å²) in [6.45, 7) is 0.385. The maximum atomic E-state index is 13.0. The second-order valence-electron chi connectivity index (χ2n) is 5.29. The standard InChI is InChI=1S/C16H14Cl2N2O3S/c17-11-4-3-5-12(10-11)24(22,23)20-9-8-19-16(21)15(20)13-6-1-2-7-14(13)18/h1-7,10,15H,8-9H2,(H,19,21). The molecule has 0 radical (unpaired) electrons. The molecule has 2 aromatic carbocycles. The number of hydrogen-bond acceptors (Lipinski definition) is 3. The summed E-state index contributed by atoms with van der Waals surface area (Å²) in [6.07, 6.45) is 0. The van der Waals surface area contributed by atoms with E-state index in [1.54, 1.807) is 36.4 Å². The average molecular weight is 385 g/mol. The number of halogens is 2. The lowest BCUT2D eigenvalue weighted by Crippen LogP contribution is -2.52. The van der Waals surface area contributed by atoms with E-state index in [4.69, 9.17) is 23.2 Å². The lowest BCUT2D eigenvalue weighted by Gasteiger charge is -2.34. The van der Waals surface area contributed by atoms with Crippen molar-refractivity contribution in [2.45, 2.75) is 10.9 Å². The Kier molecular flexibility index (Phi) is 4.83. The molecule has 1 aliphatic heterocycles. The van der Waals surface area contributed by atoms with Gasteiger partial charge in [0.25, 0.3) is 0 Å². The minimum atomic E-state index is -3.90. The first-order valence-electron chi connectivity index (χ1n) is 7.21. The van der Waals surface area contributed by atoms with Crippen LogP contribution in [0.25, 0.3) is 0 Å². The Morgan fingerprint density at radius 1 is 1.08 bits per heavy atom. The quantitative estimate of drug-likeness (QED) is 0.884. The highest BCUT2D eigenvalue weighted by Gasteiger charge is 2.40. The van der Waals surface area contributed by atoms with Crippen LogP contribution < -0.4 is 5.32 Å². The van der Waals surface area contributed by atoms with E-state index < -0.39 is 22.0 Å². The summed E-state index contributed by atoms with van der Waals surface area (Å²) in [5.74, 6) is -0.403. The molecule has 24 heavy (non-hydrogen) atoms. The van der Waals surface area contributed by atoms with E-state index in [0.717, 1.165) is 0 Å². The highest BCUT2D eigenvalue weighted by atomic mass is 35.5. The number of carbonyl (C=O) groups excluding carboxylic acids is 1. The Morgan fingerprint density at radius 2 is 1.83 bits per heavy atom. The van der Waals surface area contributed by atoms with Gasteiger partial charge in [-0.05, 0) is 29.8 Å². The predicted molar refractivity (Wildman–Crippen MR) is 92.5 cm³/mol. The van der Waals surface area contributed by atoms with Crippen LogP contribution in [0.15, 0.2) is 53.4 Å². The van der Waals surface area contributed by atoms with Gasteiger partial charge in [0, 0.05) is 23.1 Å². The molecule has 0 spiro atoms. The van der Waals surface area contributed by atoms with Crippen molar-refractivity contribution in [1.29, 1.82) is 0 Å². The van der Waals surface area contributed by atoms with Gasteiger partial charge < -0.3 is 5.32 Å². The Balaban J connectivity index is 2.10. The Morgan fingerprint density at radius 3 is 2.54 bits per heavy atom. The van der Waals surface area contributed by atoms with Crippen molar-refractivity contribution in [2.75, 3.05) is 13.1 Å². The summed E-state index contributed by atoms with van der Waals surface area (Å²) in [4.78, 5) is 12.4. The zero-order valence-electron chi connectivity index (χ0n) is 12.4. The van der Waals surface area contributed by atoms with Crippen LogP contribution in [0.3, 0.4) is 0 Å². The van der Waals surface area contributed by atoms with Gasteiger partial charge in [-0.3, -0.25) is 4.79 Å². The lowest BCUT2D eigenvalue weighted by atomic mass is 10.0. The van der Waals surface area contributed by atoms with Crippen molar-refractivity contribution in [2.24, 2.45) is 0 Å². The van der Waals surface area contributed by atoms with Crippen LogP contribution in [0.2, 0.25) is 10.0 Å². The molecule has 1 saturated heterocycles. The molecule has 1 fully saturated rings. The maximum absolute atomic E-state index is 13.0. The molecule has 1 aliphatic rings. The fourth-order valence-electron chi connectivity index (χ4n) is 2.66. The van der Waals surface area contributed by atoms with Crippen LogP contribution in [0, 0.1) is 0 Å². The fraction of sp³-hybridized carbons (Fsp3) is 0.188. The highest BCUT2D eigenvalue weighted by Crippen LogP contribution is 2.33. The number of piperazine rings is 1. The third kappa shape index (κ3) is 3.15. The normalized spacial score (nSPS) is 19.1. The van der Waals surface area contributed by atoms with Crippen molar-refractivity contribution in [3.05, 3.63) is 64.1 Å². The van der Waals surface area contributed by atoms with Crippen LogP contribution >= 0.6 is 23.2 Å². The van der Waals surface area contributed by atoms with Crippen molar-refractivity contribution in [3.63, 3.8) is 0 Å². The van der Waals surface area contributed by atoms with E-state index in [9.17, 15) is 13.2 Å². The lowest BCUT2D eigenvalue weighted by molar-refractivity contribution is -0.126. The van der Waals surface area contributed by atoms with Crippen molar-refractivity contribution < 1.29 is 13.2 Å². The summed E-state index contributed by atoms with van der Waals surface area (Å²) < 4.78 is 27.2. The molecule has 2 aromatic rings. The number of sulfonamides is 1. The first-order chi connectivity index (χ1) is 11.4. The largest absolute Gasteiger partial charge is 0.353 e. The van der Waals surface area contributed by atoms with Gasteiger partial charge in [-0.15, -0.1) is 0 Å². The zero-order chi connectivity index (χ0) is 17.3. The first kappa shape index (κ1) is 17.2. The third-order valence-corrected chi connectivity index (χ3v) is 6.21. The van der Waals surface area contributed by atoms with Gasteiger partial charge in [0.05, 0.1) is 4.90 Å². The highest BCUT2D eigenvalue weighted by molar-refractivity contribution is 7.89. The summed E-state index contributed by atoms with van der Waals surface area (Å²) in [5.41, 5.74) is 0.446. The summed E-state index contributed by atoms with van der Waals surface area (Å²) in [7, 11) is -3.90. The maximum Gasteiger partial charge on any atom is 0.244 e. The molecule has 0 bridgehead atoms. The number of carbonyl (C=O) groups is 1. The number of amides is 1. The minimum absolute atomic E-state index is 0.0433. The second kappa shape index (κ2) is 6.72. The molecule has 1 amide bonds. The van der Waals surface area contributed by atoms with E-state index in [1.165, 1.54) is 16.4 Å². The van der Waals surface area contributed by atoms with E-state index in [0.29, 0.717) is 15.6 Å². The number of hydrogen-bond donors (Lipinski definition) is 1. The smallest absolute Gasteiger partial charge is 0.244 e. The van der Waals surface area contributed by atoms with Gasteiger partial charge in [-0.1, -0.05) is 47.5 Å². The Hall–Kier alpha value is -1.60. The van der Waals surface area contributed by atoms with E-state index >= 15 is 0 Å². The van der Waals surface area contributed by atoms with Gasteiger partial charge in [0.15, 0.2) is 0 Å². The topological polar surface area (TPSA) is 66.5 Å². The molecule has 5 nitrogen and oxygen atoms in total. The third-order valence-electron chi connectivity index (χ3n) is 3.77. The number of benzene rings is 2. The van der Waals surface area contributed by atoms with Crippen LogP contribution in [-0.2, 0) is 14.8 Å². The molecular formula is C16H14Cl2N2O3S. The van der Waals surface area contributed by atoms with E-state index in [2.05, 4.69) is 5.32 Å². The Bertz CT molecular complexity index is 886. The van der Waals surface area contributed by atoms with Crippen LogP contribution in [0.4, 0.5) is 0 Å². The summed E-state index contributed by atoms with van der Waals surface area (Å²) in [6, 6.07) is 11.7. The van der Waals surface area contributed by atoms with E-state index in [1.807, 2.05) is 0 Å². The van der Waals surface area contributed by atoms with Crippen molar-refractivity contribution in [3.8, 4) is 0 Å². The van der Waals surface area contributed by atoms with Gasteiger partial charge in [-0.2, -0.15) is 4.31 Å². The number of rotatable bonds is 3. The van der Waals surface area contributed by atoms with Gasteiger partial charge in [0.2, 0.25) is 15.9 Å². The summed E-state index contributed by atoms with van der Waals surface area (Å²) in [5, 5.41) is 3.34. The fourth-order valence-corrected chi connectivity index (χ4v) is 4.77. The molecule has 1 N–H and O–H groups in total. The molecule has 1 unspecified atom stereocenters. The first-order valence-corrected chi connectivity index (χ1v) is 9.40. The second-order valence-corrected chi connectivity index (χ2v) is 8.02. The van der Waals surface area contributed by atoms with Gasteiger partial charge in [-0.25, -0.2) is 8.42 Å². The van der Waals surface area contributed by atoms with Crippen molar-refractivity contribution >= 4 is 39.1 Å². The van der Waals surface area contributed by atoms with Crippen molar-refractivity contribution in [1.82, 2.24) is 9.62 Å². The molecular weight excluding hydrogens is 371 g/mol. The van der Waals surface area contributed by atoms with Crippen LogP contribution in [0.5, 0.6) is 0 Å². The molecule has 0 aromatic heterocycles. The van der Waals surface area contributed by atoms with Gasteiger partial charge in [0.1, 0.15) is 6.04 Å². The Labute approximate surface area is 150 Å². The zero-order valence-corrected chi connectivity index (χ0v) is 14.8.